The van der Waals surface area contributed by atoms with Crippen LogP contribution in [0.25, 0.3) is 0 Å². The van der Waals surface area contributed by atoms with Crippen LogP contribution in [0.4, 0.5) is 0 Å². The minimum absolute atomic E-state index is 0.917. The molecule has 2 nitrogen and oxygen atoms in total. The summed E-state index contributed by atoms with van der Waals surface area (Å²) >= 11 is 1.67. The molecule has 0 fully saturated rings. The molecule has 1 aromatic heterocycles. The molecule has 0 aliphatic rings. The van der Waals surface area contributed by atoms with Crippen LogP contribution >= 0.6 is 11.8 Å². The molecule has 0 saturated heterocycles. The van der Waals surface area contributed by atoms with Gasteiger partial charge in [0.15, 0.2) is 0 Å². The number of nitrogens with zero attached hydrogens (tertiary/aromatic N) is 1. The Balaban J connectivity index is 3.07. The summed E-state index contributed by atoms with van der Waals surface area (Å²) in [5, 5.41) is 3.79. The van der Waals surface area contributed by atoms with Gasteiger partial charge in [-0.25, -0.2) is 0 Å². The van der Waals surface area contributed by atoms with Crippen LogP contribution in [0.2, 0.25) is 0 Å². The highest BCUT2D eigenvalue weighted by Gasteiger charge is 2.05. The number of thioether (sulfide) groups is 1. The highest BCUT2D eigenvalue weighted by atomic mass is 32.2. The minimum atomic E-state index is 0.917. The highest BCUT2D eigenvalue weighted by Crippen LogP contribution is 2.22. The van der Waals surface area contributed by atoms with Crippen LogP contribution in [0.1, 0.15) is 11.5 Å². The van der Waals surface area contributed by atoms with E-state index in [0.717, 1.165) is 16.3 Å². The Morgan fingerprint density at radius 3 is 2.33 bits per heavy atom. The molecule has 1 heterocycles. The third-order valence-corrected chi connectivity index (χ3v) is 2.16. The molecule has 0 atom stereocenters. The van der Waals surface area contributed by atoms with Crippen molar-refractivity contribution in [2.45, 2.75) is 18.7 Å². The Morgan fingerprint density at radius 1 is 1.44 bits per heavy atom. The molecule has 0 N–H and O–H groups in total. The summed E-state index contributed by atoms with van der Waals surface area (Å²) in [5.74, 6) is 0.917. The maximum absolute atomic E-state index is 4.92. The average molecular weight is 143 g/mol. The molecule has 50 valence electrons. The van der Waals surface area contributed by atoms with E-state index in [-0.39, 0.29) is 0 Å². The van der Waals surface area contributed by atoms with Crippen molar-refractivity contribution < 1.29 is 4.52 Å². The van der Waals surface area contributed by atoms with Crippen LogP contribution in [-0.4, -0.2) is 11.4 Å². The van der Waals surface area contributed by atoms with Crippen molar-refractivity contribution in [3.63, 3.8) is 0 Å². The van der Waals surface area contributed by atoms with Crippen LogP contribution in [0, 0.1) is 13.8 Å². The Hall–Kier alpha value is -0.440. The summed E-state index contributed by atoms with van der Waals surface area (Å²) in [5.41, 5.74) is 0.986. The second kappa shape index (κ2) is 2.43. The first-order valence-electron chi connectivity index (χ1n) is 2.72. The van der Waals surface area contributed by atoms with Gasteiger partial charge in [0.25, 0.3) is 0 Å². The second-order valence-corrected chi connectivity index (χ2v) is 2.67. The van der Waals surface area contributed by atoms with E-state index in [9.17, 15) is 0 Å². The van der Waals surface area contributed by atoms with Crippen LogP contribution in [0.3, 0.4) is 0 Å². The quantitative estimate of drug-likeness (QED) is 0.562. The largest absolute Gasteiger partial charge is 0.360 e. The van der Waals surface area contributed by atoms with Gasteiger partial charge in [-0.2, -0.15) is 0 Å². The van der Waals surface area contributed by atoms with Gasteiger partial charge in [-0.15, -0.1) is 11.8 Å². The molecular weight excluding hydrogens is 134 g/mol. The Bertz CT molecular complexity index is 187. The van der Waals surface area contributed by atoms with Gasteiger partial charge in [0, 0.05) is 0 Å². The van der Waals surface area contributed by atoms with E-state index < -0.39 is 0 Å². The minimum Gasteiger partial charge on any atom is -0.360 e. The molecule has 0 aliphatic carbocycles. The van der Waals surface area contributed by atoms with Crippen molar-refractivity contribution >= 4 is 11.8 Å². The zero-order chi connectivity index (χ0) is 6.85. The third-order valence-electron chi connectivity index (χ3n) is 1.17. The van der Waals surface area contributed by atoms with Crippen LogP contribution < -0.4 is 0 Å². The molecule has 1 aromatic rings. The zero-order valence-corrected chi connectivity index (χ0v) is 6.58. The fourth-order valence-corrected chi connectivity index (χ4v) is 1.42. The lowest BCUT2D eigenvalue weighted by molar-refractivity contribution is 0.391. The Morgan fingerprint density at radius 2 is 2.11 bits per heavy atom. The summed E-state index contributed by atoms with van der Waals surface area (Å²) < 4.78 is 4.92. The molecule has 0 amide bonds. The van der Waals surface area contributed by atoms with E-state index in [2.05, 4.69) is 5.16 Å². The number of rotatable bonds is 1. The van der Waals surface area contributed by atoms with E-state index in [1.807, 2.05) is 20.1 Å². The predicted octanol–water partition coefficient (Wildman–Crippen LogP) is 2.01. The topological polar surface area (TPSA) is 26.0 Å². The fourth-order valence-electron chi connectivity index (χ4n) is 0.766. The van der Waals surface area contributed by atoms with E-state index in [1.54, 1.807) is 11.8 Å². The number of hydrogen-bond acceptors (Lipinski definition) is 3. The average Bonchev–Trinajstić information content (AvgIpc) is 2.12. The monoisotopic (exact) mass is 143 g/mol. The van der Waals surface area contributed by atoms with Crippen LogP contribution in [0.5, 0.6) is 0 Å². The van der Waals surface area contributed by atoms with Crippen LogP contribution in [-0.2, 0) is 0 Å². The van der Waals surface area contributed by atoms with Crippen molar-refractivity contribution in [2.24, 2.45) is 0 Å². The third kappa shape index (κ3) is 1.10. The fraction of sp³-hybridized carbons (Fsp3) is 0.500. The van der Waals surface area contributed by atoms with E-state index >= 15 is 0 Å². The van der Waals surface area contributed by atoms with E-state index in [1.165, 1.54) is 0 Å². The van der Waals surface area contributed by atoms with Gasteiger partial charge in [0.05, 0.1) is 10.6 Å². The number of hydrogen-bond donors (Lipinski definition) is 0. The maximum Gasteiger partial charge on any atom is 0.147 e. The summed E-state index contributed by atoms with van der Waals surface area (Å²) in [7, 11) is 0. The van der Waals surface area contributed by atoms with Crippen molar-refractivity contribution in [1.82, 2.24) is 5.16 Å². The van der Waals surface area contributed by atoms with Crippen molar-refractivity contribution in [1.29, 1.82) is 0 Å². The molecule has 0 spiro atoms. The van der Waals surface area contributed by atoms with E-state index in [4.69, 9.17) is 4.52 Å². The highest BCUT2D eigenvalue weighted by molar-refractivity contribution is 7.98. The van der Waals surface area contributed by atoms with Crippen molar-refractivity contribution in [3.8, 4) is 0 Å². The summed E-state index contributed by atoms with van der Waals surface area (Å²) in [4.78, 5) is 1.16. The summed E-state index contributed by atoms with van der Waals surface area (Å²) in [6.07, 6.45) is 2.02. The van der Waals surface area contributed by atoms with Gasteiger partial charge in [0.1, 0.15) is 5.76 Å². The number of aromatic nitrogens is 1. The van der Waals surface area contributed by atoms with Gasteiger partial charge in [-0.1, -0.05) is 5.16 Å². The molecule has 0 bridgehead atoms. The second-order valence-electron chi connectivity index (χ2n) is 1.86. The lowest BCUT2D eigenvalue weighted by Gasteiger charge is -1.87. The predicted molar refractivity (Wildman–Crippen MR) is 37.8 cm³/mol. The number of aryl methyl sites for hydroxylation is 2. The first kappa shape index (κ1) is 6.68. The molecule has 0 aliphatic heterocycles. The lowest BCUT2D eigenvalue weighted by Crippen LogP contribution is -1.72. The normalized spacial score (nSPS) is 10.1. The lowest BCUT2D eigenvalue weighted by atomic mass is 10.4. The smallest absolute Gasteiger partial charge is 0.147 e. The molecule has 0 radical (unpaired) electrons. The summed E-state index contributed by atoms with van der Waals surface area (Å²) in [6.45, 7) is 3.87. The van der Waals surface area contributed by atoms with Gasteiger partial charge in [-0.05, 0) is 20.1 Å². The summed E-state index contributed by atoms with van der Waals surface area (Å²) in [6, 6.07) is 0. The van der Waals surface area contributed by atoms with Crippen molar-refractivity contribution in [2.75, 3.05) is 6.26 Å². The van der Waals surface area contributed by atoms with E-state index in [0.29, 0.717) is 0 Å². The standard InChI is InChI=1S/C6H9NOS/c1-4-6(9-3)5(2)8-7-4/h1-3H3. The van der Waals surface area contributed by atoms with Gasteiger partial charge >= 0.3 is 0 Å². The van der Waals surface area contributed by atoms with Gasteiger partial charge < -0.3 is 4.52 Å². The van der Waals surface area contributed by atoms with Gasteiger partial charge in [0.2, 0.25) is 0 Å². The first-order chi connectivity index (χ1) is 4.25. The molecular formula is C6H9NOS. The molecule has 0 aromatic carbocycles. The molecule has 0 unspecified atom stereocenters. The maximum atomic E-state index is 4.92. The van der Waals surface area contributed by atoms with Crippen molar-refractivity contribution in [3.05, 3.63) is 11.5 Å². The zero-order valence-electron chi connectivity index (χ0n) is 5.76. The molecule has 9 heavy (non-hydrogen) atoms. The first-order valence-corrected chi connectivity index (χ1v) is 3.95. The molecule has 0 saturated carbocycles. The SMILES string of the molecule is CSc1c(C)noc1C. The molecule has 1 rings (SSSR count). The molecule has 3 heteroatoms. The van der Waals surface area contributed by atoms with Gasteiger partial charge in [-0.3, -0.25) is 0 Å². The Kier molecular flexibility index (Phi) is 1.81. The Labute approximate surface area is 58.6 Å². The van der Waals surface area contributed by atoms with Crippen LogP contribution in [0.15, 0.2) is 9.42 Å².